The summed E-state index contributed by atoms with van der Waals surface area (Å²) in [6.45, 7) is 3.75. The van der Waals surface area contributed by atoms with Crippen LogP contribution in [0.1, 0.15) is 53.8 Å². The van der Waals surface area contributed by atoms with Crippen LogP contribution in [-0.4, -0.2) is 41.4 Å². The van der Waals surface area contributed by atoms with Crippen LogP contribution in [0, 0.1) is 0 Å². The average Bonchev–Trinajstić information content (AvgIpc) is 2.52. The number of amides is 2. The molecule has 1 fully saturated rings. The van der Waals surface area contributed by atoms with Crippen molar-refractivity contribution in [1.29, 1.82) is 0 Å². The number of carbonyl (C=O) groups excluding carboxylic acids is 3. The smallest absolute Gasteiger partial charge is 0.338 e. The first kappa shape index (κ1) is 17.0. The van der Waals surface area contributed by atoms with Gasteiger partial charge in [-0.3, -0.25) is 9.59 Å². The van der Waals surface area contributed by atoms with Crippen molar-refractivity contribution in [1.82, 2.24) is 4.90 Å². The van der Waals surface area contributed by atoms with E-state index in [1.807, 2.05) is 13.8 Å². The Hall–Kier alpha value is -2.37. The number of benzene rings is 1. The molecule has 2 N–H and O–H groups in total. The van der Waals surface area contributed by atoms with Crippen molar-refractivity contribution < 1.29 is 19.1 Å². The van der Waals surface area contributed by atoms with Gasteiger partial charge >= 0.3 is 5.97 Å². The maximum atomic E-state index is 12.3. The predicted octanol–water partition coefficient (Wildman–Crippen LogP) is 1.73. The van der Waals surface area contributed by atoms with Crippen LogP contribution in [0.5, 0.6) is 0 Å². The summed E-state index contributed by atoms with van der Waals surface area (Å²) in [5, 5.41) is 0. The maximum Gasteiger partial charge on any atom is 0.338 e. The van der Waals surface area contributed by atoms with Crippen molar-refractivity contribution in [2.75, 3.05) is 6.61 Å². The van der Waals surface area contributed by atoms with Crippen molar-refractivity contribution >= 4 is 17.8 Å². The quantitative estimate of drug-likeness (QED) is 0.856. The topological polar surface area (TPSA) is 89.7 Å². The second-order valence-electron chi connectivity index (χ2n) is 5.95. The SMILES string of the molecule is C[C@@H]1CCC[C@H](C)N1C(=O)COC(=O)c1ccc(C(N)=O)cc1. The Labute approximate surface area is 135 Å². The molecule has 0 spiro atoms. The predicted molar refractivity (Wildman–Crippen MR) is 84.9 cm³/mol. The Morgan fingerprint density at radius 1 is 1.09 bits per heavy atom. The second kappa shape index (κ2) is 7.26. The molecular weight excluding hydrogens is 296 g/mol. The molecule has 0 radical (unpaired) electrons. The van der Waals surface area contributed by atoms with E-state index in [0.717, 1.165) is 19.3 Å². The van der Waals surface area contributed by atoms with E-state index in [1.165, 1.54) is 24.3 Å². The molecule has 2 rings (SSSR count). The van der Waals surface area contributed by atoms with Crippen molar-refractivity contribution in [2.45, 2.75) is 45.2 Å². The molecule has 0 unspecified atom stereocenters. The van der Waals surface area contributed by atoms with Gasteiger partial charge in [0.15, 0.2) is 6.61 Å². The molecule has 6 nitrogen and oxygen atoms in total. The van der Waals surface area contributed by atoms with Crippen LogP contribution >= 0.6 is 0 Å². The lowest BCUT2D eigenvalue weighted by molar-refractivity contribution is -0.140. The highest BCUT2D eigenvalue weighted by molar-refractivity contribution is 5.95. The zero-order valence-electron chi connectivity index (χ0n) is 13.5. The lowest BCUT2D eigenvalue weighted by Gasteiger charge is -2.38. The minimum absolute atomic E-state index is 0.166. The molecule has 0 aromatic heterocycles. The minimum atomic E-state index is -0.591. The second-order valence-corrected chi connectivity index (χ2v) is 5.95. The van der Waals surface area contributed by atoms with Crippen LogP contribution in [0.3, 0.4) is 0 Å². The third-order valence-corrected chi connectivity index (χ3v) is 4.21. The molecule has 2 atom stereocenters. The Kier molecular flexibility index (Phi) is 5.36. The fourth-order valence-corrected chi connectivity index (χ4v) is 2.97. The average molecular weight is 318 g/mol. The third kappa shape index (κ3) is 4.09. The van der Waals surface area contributed by atoms with Crippen LogP contribution in [0.2, 0.25) is 0 Å². The van der Waals surface area contributed by atoms with Crippen molar-refractivity contribution in [3.63, 3.8) is 0 Å². The van der Waals surface area contributed by atoms with Gasteiger partial charge in [-0.15, -0.1) is 0 Å². The Morgan fingerprint density at radius 2 is 1.61 bits per heavy atom. The van der Waals surface area contributed by atoms with Crippen LogP contribution in [0.4, 0.5) is 0 Å². The molecule has 1 saturated heterocycles. The summed E-state index contributed by atoms with van der Waals surface area (Å²) in [5.41, 5.74) is 5.74. The zero-order chi connectivity index (χ0) is 17.0. The van der Waals surface area contributed by atoms with E-state index in [4.69, 9.17) is 10.5 Å². The summed E-state index contributed by atoms with van der Waals surface area (Å²) in [4.78, 5) is 37.0. The Bertz CT molecular complexity index is 587. The molecule has 0 aliphatic carbocycles. The molecule has 1 aromatic carbocycles. The van der Waals surface area contributed by atoms with Gasteiger partial charge in [0.05, 0.1) is 5.56 Å². The number of hydrogen-bond donors (Lipinski definition) is 1. The van der Waals surface area contributed by atoms with E-state index in [1.54, 1.807) is 4.90 Å². The Morgan fingerprint density at radius 3 is 2.13 bits per heavy atom. The van der Waals surface area contributed by atoms with Gasteiger partial charge in [0, 0.05) is 17.6 Å². The fourth-order valence-electron chi connectivity index (χ4n) is 2.97. The van der Waals surface area contributed by atoms with Crippen molar-refractivity contribution in [2.24, 2.45) is 5.73 Å². The molecule has 1 heterocycles. The molecule has 1 aromatic rings. The number of rotatable bonds is 4. The minimum Gasteiger partial charge on any atom is -0.452 e. The van der Waals surface area contributed by atoms with E-state index in [0.29, 0.717) is 5.56 Å². The lowest BCUT2D eigenvalue weighted by atomic mass is 9.97. The number of primary amides is 1. The first-order valence-corrected chi connectivity index (χ1v) is 7.78. The van der Waals surface area contributed by atoms with E-state index < -0.39 is 11.9 Å². The van der Waals surface area contributed by atoms with E-state index in [-0.39, 0.29) is 30.2 Å². The highest BCUT2D eigenvalue weighted by Crippen LogP contribution is 2.22. The summed E-state index contributed by atoms with van der Waals surface area (Å²) < 4.78 is 5.09. The number of ether oxygens (including phenoxy) is 1. The number of hydrogen-bond acceptors (Lipinski definition) is 4. The molecule has 23 heavy (non-hydrogen) atoms. The van der Waals surface area contributed by atoms with Gasteiger partial charge in [-0.2, -0.15) is 0 Å². The number of likely N-dealkylation sites (tertiary alicyclic amines) is 1. The van der Waals surface area contributed by atoms with Crippen molar-refractivity contribution in [3.05, 3.63) is 35.4 Å². The summed E-state index contributed by atoms with van der Waals surface area (Å²) in [6.07, 6.45) is 3.05. The van der Waals surface area contributed by atoms with Crippen LogP contribution < -0.4 is 5.73 Å². The van der Waals surface area contributed by atoms with Gasteiger partial charge in [0.2, 0.25) is 5.91 Å². The molecular formula is C17H22N2O4. The van der Waals surface area contributed by atoms with E-state index in [2.05, 4.69) is 0 Å². The lowest BCUT2D eigenvalue weighted by Crippen LogP contribution is -2.49. The zero-order valence-corrected chi connectivity index (χ0v) is 13.5. The molecule has 1 aliphatic rings. The van der Waals surface area contributed by atoms with Gasteiger partial charge in [0.1, 0.15) is 0 Å². The van der Waals surface area contributed by atoms with Crippen LogP contribution in [0.25, 0.3) is 0 Å². The van der Waals surface area contributed by atoms with Gasteiger partial charge in [-0.05, 0) is 57.4 Å². The Balaban J connectivity index is 1.93. The number of nitrogens with zero attached hydrogens (tertiary/aromatic N) is 1. The van der Waals surface area contributed by atoms with Gasteiger partial charge < -0.3 is 15.4 Å². The monoisotopic (exact) mass is 318 g/mol. The standard InChI is InChI=1S/C17H22N2O4/c1-11-4-3-5-12(2)19(11)15(20)10-23-17(22)14-8-6-13(7-9-14)16(18)21/h6-9,11-12H,3-5,10H2,1-2H3,(H2,18,21)/t11-,12+. The van der Waals surface area contributed by atoms with E-state index in [9.17, 15) is 14.4 Å². The number of esters is 1. The van der Waals surface area contributed by atoms with Crippen molar-refractivity contribution in [3.8, 4) is 0 Å². The molecule has 1 aliphatic heterocycles. The number of piperidine rings is 1. The third-order valence-electron chi connectivity index (χ3n) is 4.21. The number of carbonyl (C=O) groups is 3. The largest absolute Gasteiger partial charge is 0.452 e. The van der Waals surface area contributed by atoms with Gasteiger partial charge in [-0.25, -0.2) is 4.79 Å². The molecule has 0 saturated carbocycles. The highest BCUT2D eigenvalue weighted by atomic mass is 16.5. The molecule has 0 bridgehead atoms. The normalized spacial score (nSPS) is 20.9. The molecule has 2 amide bonds. The molecule has 124 valence electrons. The van der Waals surface area contributed by atoms with E-state index >= 15 is 0 Å². The first-order valence-electron chi connectivity index (χ1n) is 7.78. The fraction of sp³-hybridized carbons (Fsp3) is 0.471. The van der Waals surface area contributed by atoms with Crippen LogP contribution in [0.15, 0.2) is 24.3 Å². The summed E-state index contributed by atoms with van der Waals surface area (Å²) in [7, 11) is 0. The number of nitrogens with two attached hydrogens (primary N) is 1. The first-order chi connectivity index (χ1) is 10.9. The van der Waals surface area contributed by atoms with Crippen LogP contribution in [-0.2, 0) is 9.53 Å². The summed E-state index contributed by atoms with van der Waals surface area (Å²) >= 11 is 0. The maximum absolute atomic E-state index is 12.3. The highest BCUT2D eigenvalue weighted by Gasteiger charge is 2.29. The molecule has 6 heteroatoms. The van der Waals surface area contributed by atoms with Gasteiger partial charge in [-0.1, -0.05) is 0 Å². The summed E-state index contributed by atoms with van der Waals surface area (Å²) in [5.74, 6) is -1.33. The summed E-state index contributed by atoms with van der Waals surface area (Å²) in [6, 6.07) is 6.16. The van der Waals surface area contributed by atoms with Gasteiger partial charge in [0.25, 0.3) is 5.91 Å².